The van der Waals surface area contributed by atoms with Gasteiger partial charge in [0.25, 0.3) is 0 Å². The molecule has 0 aliphatic heterocycles. The first-order valence-corrected chi connectivity index (χ1v) is 10.3. The fraction of sp³-hybridized carbons (Fsp3) is 0.524. The van der Waals surface area contributed by atoms with Crippen LogP contribution in [0.15, 0.2) is 29.3 Å². The van der Waals surface area contributed by atoms with E-state index in [0.29, 0.717) is 19.7 Å². The Morgan fingerprint density at radius 1 is 1.18 bits per heavy atom. The van der Waals surface area contributed by atoms with Crippen LogP contribution < -0.4 is 10.6 Å². The third kappa shape index (κ3) is 8.87. The van der Waals surface area contributed by atoms with Gasteiger partial charge in [0.1, 0.15) is 5.01 Å². The number of aryl methyl sites for hydroxylation is 2. The van der Waals surface area contributed by atoms with Crippen molar-refractivity contribution in [1.29, 1.82) is 0 Å². The molecule has 7 heteroatoms. The molecule has 1 aromatic heterocycles. The first-order chi connectivity index (χ1) is 12.8. The SMILES string of the molecule is CCNC(=NCc1cccc(COC(C)(C)C)c1)NCc1nc(C)c(C)s1.I. The van der Waals surface area contributed by atoms with Gasteiger partial charge in [-0.05, 0) is 52.7 Å². The zero-order chi connectivity index (χ0) is 19.9. The molecule has 0 saturated carbocycles. The predicted octanol–water partition coefficient (Wildman–Crippen LogP) is 4.95. The lowest BCUT2D eigenvalue weighted by Gasteiger charge is -2.19. The van der Waals surface area contributed by atoms with Crippen LogP contribution in [0.25, 0.3) is 0 Å². The fourth-order valence-corrected chi connectivity index (χ4v) is 3.28. The van der Waals surface area contributed by atoms with Crippen molar-refractivity contribution in [2.45, 2.75) is 66.8 Å². The van der Waals surface area contributed by atoms with Crippen molar-refractivity contribution >= 4 is 41.3 Å². The molecular weight excluding hydrogens is 483 g/mol. The molecule has 2 aromatic rings. The van der Waals surface area contributed by atoms with Crippen LogP contribution in [0.2, 0.25) is 0 Å². The zero-order valence-electron chi connectivity index (χ0n) is 17.8. The third-order valence-corrected chi connectivity index (χ3v) is 4.98. The van der Waals surface area contributed by atoms with Gasteiger partial charge in [-0.3, -0.25) is 0 Å². The van der Waals surface area contributed by atoms with Crippen molar-refractivity contribution in [3.8, 4) is 0 Å². The van der Waals surface area contributed by atoms with Crippen molar-refractivity contribution in [2.24, 2.45) is 4.99 Å². The number of hydrogen-bond acceptors (Lipinski definition) is 4. The van der Waals surface area contributed by atoms with E-state index in [9.17, 15) is 0 Å². The molecule has 0 amide bonds. The Kier molecular flexibility index (Phi) is 10.4. The second-order valence-electron chi connectivity index (χ2n) is 7.52. The first kappa shape index (κ1) is 24.8. The van der Waals surface area contributed by atoms with Crippen LogP contribution >= 0.6 is 35.3 Å². The Hall–Kier alpha value is -1.19. The van der Waals surface area contributed by atoms with Crippen molar-refractivity contribution in [1.82, 2.24) is 15.6 Å². The molecule has 156 valence electrons. The number of rotatable bonds is 7. The normalized spacial score (nSPS) is 11.9. The van der Waals surface area contributed by atoms with Crippen LogP contribution in [0.4, 0.5) is 0 Å². The quantitative estimate of drug-likeness (QED) is 0.311. The summed E-state index contributed by atoms with van der Waals surface area (Å²) in [5, 5.41) is 7.75. The molecule has 0 aliphatic rings. The Labute approximate surface area is 190 Å². The number of nitrogens with zero attached hydrogens (tertiary/aromatic N) is 2. The maximum absolute atomic E-state index is 5.87. The molecule has 0 fully saturated rings. The standard InChI is InChI=1S/C21H32N4OS.HI/c1-7-22-20(24-13-19-25-15(2)16(3)27-19)23-12-17-9-8-10-18(11-17)14-26-21(4,5)6;/h8-11H,7,12-14H2,1-6H3,(H2,22,23,24);1H. The molecule has 0 radical (unpaired) electrons. The molecule has 0 bridgehead atoms. The average molecular weight is 516 g/mol. The van der Waals surface area contributed by atoms with E-state index in [4.69, 9.17) is 9.73 Å². The molecule has 28 heavy (non-hydrogen) atoms. The molecule has 0 saturated heterocycles. The minimum atomic E-state index is -0.136. The van der Waals surface area contributed by atoms with Gasteiger partial charge < -0.3 is 15.4 Å². The molecule has 0 atom stereocenters. The Balaban J connectivity index is 0.00000392. The summed E-state index contributed by atoms with van der Waals surface area (Å²) < 4.78 is 5.87. The van der Waals surface area contributed by atoms with Gasteiger partial charge >= 0.3 is 0 Å². The van der Waals surface area contributed by atoms with Gasteiger partial charge in [-0.2, -0.15) is 0 Å². The number of thiazole rings is 1. The highest BCUT2D eigenvalue weighted by molar-refractivity contribution is 14.0. The molecule has 0 spiro atoms. The topological polar surface area (TPSA) is 58.5 Å². The van der Waals surface area contributed by atoms with Gasteiger partial charge in [0.2, 0.25) is 0 Å². The number of halogens is 1. The number of hydrogen-bond donors (Lipinski definition) is 2. The number of guanidine groups is 1. The minimum absolute atomic E-state index is 0. The molecule has 0 unspecified atom stereocenters. The van der Waals surface area contributed by atoms with E-state index >= 15 is 0 Å². The zero-order valence-corrected chi connectivity index (χ0v) is 20.9. The van der Waals surface area contributed by atoms with Crippen molar-refractivity contribution in [3.63, 3.8) is 0 Å². The summed E-state index contributed by atoms with van der Waals surface area (Å²) in [5.41, 5.74) is 3.31. The Morgan fingerprint density at radius 3 is 2.50 bits per heavy atom. The summed E-state index contributed by atoms with van der Waals surface area (Å²) in [5.74, 6) is 0.805. The molecule has 5 nitrogen and oxygen atoms in total. The summed E-state index contributed by atoms with van der Waals surface area (Å²) in [7, 11) is 0. The molecule has 2 rings (SSSR count). The summed E-state index contributed by atoms with van der Waals surface area (Å²) in [4.78, 5) is 10.5. The Morgan fingerprint density at radius 2 is 1.89 bits per heavy atom. The number of nitrogens with one attached hydrogen (secondary N) is 2. The lowest BCUT2D eigenvalue weighted by molar-refractivity contribution is -0.0149. The van der Waals surface area contributed by atoms with E-state index in [1.807, 2.05) is 6.92 Å². The fourth-order valence-electron chi connectivity index (χ4n) is 2.40. The minimum Gasteiger partial charge on any atom is -0.371 e. The van der Waals surface area contributed by atoms with Crippen LogP contribution in [0.5, 0.6) is 0 Å². The van der Waals surface area contributed by atoms with E-state index in [-0.39, 0.29) is 29.6 Å². The molecule has 0 aliphatic carbocycles. The van der Waals surface area contributed by atoms with Crippen LogP contribution in [-0.2, 0) is 24.4 Å². The van der Waals surface area contributed by atoms with Gasteiger partial charge in [-0.25, -0.2) is 9.98 Å². The largest absolute Gasteiger partial charge is 0.371 e. The lowest BCUT2D eigenvalue weighted by Crippen LogP contribution is -2.36. The summed E-state index contributed by atoms with van der Waals surface area (Å²) in [6.45, 7) is 15.2. The summed E-state index contributed by atoms with van der Waals surface area (Å²) >= 11 is 1.73. The maximum Gasteiger partial charge on any atom is 0.191 e. The van der Waals surface area contributed by atoms with Gasteiger partial charge in [0.05, 0.1) is 31.0 Å². The summed E-state index contributed by atoms with van der Waals surface area (Å²) in [6.07, 6.45) is 0. The summed E-state index contributed by atoms with van der Waals surface area (Å²) in [6, 6.07) is 8.41. The van der Waals surface area contributed by atoms with Gasteiger partial charge in [-0.1, -0.05) is 24.3 Å². The predicted molar refractivity (Wildman–Crippen MR) is 130 cm³/mol. The maximum atomic E-state index is 5.87. The van der Waals surface area contributed by atoms with Crippen molar-refractivity contribution in [3.05, 3.63) is 51.0 Å². The van der Waals surface area contributed by atoms with Gasteiger partial charge in [0, 0.05) is 11.4 Å². The van der Waals surface area contributed by atoms with E-state index < -0.39 is 0 Å². The number of benzene rings is 1. The van der Waals surface area contributed by atoms with E-state index in [1.165, 1.54) is 16.0 Å². The second-order valence-corrected chi connectivity index (χ2v) is 8.81. The molecular formula is C21H33IN4OS. The van der Waals surface area contributed by atoms with Crippen LogP contribution in [0.1, 0.15) is 54.4 Å². The highest BCUT2D eigenvalue weighted by Gasteiger charge is 2.10. The molecule has 1 heterocycles. The lowest BCUT2D eigenvalue weighted by atomic mass is 10.1. The second kappa shape index (κ2) is 11.7. The van der Waals surface area contributed by atoms with E-state index in [1.54, 1.807) is 11.3 Å². The number of aliphatic imine (C=N–C) groups is 1. The molecule has 2 N–H and O–H groups in total. The smallest absolute Gasteiger partial charge is 0.191 e. The van der Waals surface area contributed by atoms with E-state index in [2.05, 4.69) is 74.5 Å². The third-order valence-electron chi connectivity index (χ3n) is 3.91. The molecule has 1 aromatic carbocycles. The number of ether oxygens (including phenoxy) is 1. The van der Waals surface area contributed by atoms with Crippen LogP contribution in [0.3, 0.4) is 0 Å². The van der Waals surface area contributed by atoms with Crippen LogP contribution in [0, 0.1) is 13.8 Å². The van der Waals surface area contributed by atoms with Crippen molar-refractivity contribution < 1.29 is 4.74 Å². The number of aromatic nitrogens is 1. The van der Waals surface area contributed by atoms with Crippen LogP contribution in [-0.4, -0.2) is 23.1 Å². The highest BCUT2D eigenvalue weighted by Crippen LogP contribution is 2.16. The monoisotopic (exact) mass is 516 g/mol. The first-order valence-electron chi connectivity index (χ1n) is 9.43. The van der Waals surface area contributed by atoms with Gasteiger partial charge in [-0.15, -0.1) is 35.3 Å². The van der Waals surface area contributed by atoms with Crippen molar-refractivity contribution in [2.75, 3.05) is 6.54 Å². The average Bonchev–Trinajstić information content (AvgIpc) is 2.93. The van der Waals surface area contributed by atoms with Gasteiger partial charge in [0.15, 0.2) is 5.96 Å². The Bertz CT molecular complexity index is 749. The van der Waals surface area contributed by atoms with E-state index in [0.717, 1.165) is 23.2 Å². The highest BCUT2D eigenvalue weighted by atomic mass is 127.